The highest BCUT2D eigenvalue weighted by Crippen LogP contribution is 2.58. The summed E-state index contributed by atoms with van der Waals surface area (Å²) in [5.74, 6) is 0. The number of aliphatic imine (C=N–C) groups is 1. The lowest BCUT2D eigenvalue weighted by Gasteiger charge is -2.07. The zero-order valence-corrected chi connectivity index (χ0v) is 9.12. The molecule has 1 aliphatic carbocycles. The van der Waals surface area contributed by atoms with E-state index in [1.807, 2.05) is 24.4 Å². The Hall–Kier alpha value is -1.11. The number of nitrogens with zero attached hydrogens (tertiary/aromatic N) is 1. The lowest BCUT2D eigenvalue weighted by molar-refractivity contribution is 0.528. The summed E-state index contributed by atoms with van der Waals surface area (Å²) in [6, 6.07) is 10.3. The molecule has 1 aromatic carbocycles. The predicted molar refractivity (Wildman–Crippen MR) is 60.8 cm³/mol. The Labute approximate surface area is 85.9 Å². The van der Waals surface area contributed by atoms with Gasteiger partial charge in [-0.1, -0.05) is 44.2 Å². The first kappa shape index (κ1) is 9.45. The Morgan fingerprint density at radius 3 is 2.21 bits per heavy atom. The normalized spacial score (nSPS) is 29.4. The maximum atomic E-state index is 4.67. The molecule has 1 saturated carbocycles. The van der Waals surface area contributed by atoms with E-state index in [9.17, 15) is 0 Å². The Balaban J connectivity index is 2.10. The molecule has 2 rings (SSSR count). The molecule has 0 saturated heterocycles. The molecule has 74 valence electrons. The topological polar surface area (TPSA) is 12.4 Å². The van der Waals surface area contributed by atoms with Crippen LogP contribution in [0.15, 0.2) is 35.3 Å². The van der Waals surface area contributed by atoms with E-state index in [1.165, 1.54) is 12.0 Å². The van der Waals surface area contributed by atoms with Crippen LogP contribution in [0.5, 0.6) is 0 Å². The summed E-state index contributed by atoms with van der Waals surface area (Å²) >= 11 is 0. The molecule has 1 aliphatic rings. The minimum atomic E-state index is 0.169. The van der Waals surface area contributed by atoms with Crippen LogP contribution in [0.2, 0.25) is 0 Å². The van der Waals surface area contributed by atoms with E-state index in [-0.39, 0.29) is 5.54 Å². The molecule has 0 bridgehead atoms. The zero-order chi connectivity index (χ0) is 10.2. The van der Waals surface area contributed by atoms with Crippen LogP contribution in [-0.4, -0.2) is 11.8 Å². The fraction of sp³-hybridized carbons (Fsp3) is 0.462. The van der Waals surface area contributed by atoms with Crippen molar-refractivity contribution in [3.05, 3.63) is 35.9 Å². The van der Waals surface area contributed by atoms with Crippen LogP contribution < -0.4 is 0 Å². The number of benzene rings is 1. The maximum Gasteiger partial charge on any atom is 0.0637 e. The molecule has 0 amide bonds. The van der Waals surface area contributed by atoms with Gasteiger partial charge in [-0.3, -0.25) is 4.99 Å². The van der Waals surface area contributed by atoms with Gasteiger partial charge in [-0.25, -0.2) is 0 Å². The van der Waals surface area contributed by atoms with E-state index in [2.05, 4.69) is 37.9 Å². The summed E-state index contributed by atoms with van der Waals surface area (Å²) < 4.78 is 0. The molecule has 0 spiro atoms. The highest BCUT2D eigenvalue weighted by molar-refractivity contribution is 5.80. The van der Waals surface area contributed by atoms with Crippen molar-refractivity contribution in [2.45, 2.75) is 32.7 Å². The molecule has 0 aliphatic heterocycles. The van der Waals surface area contributed by atoms with Crippen LogP contribution in [0.1, 0.15) is 32.8 Å². The van der Waals surface area contributed by atoms with Crippen molar-refractivity contribution in [2.24, 2.45) is 10.4 Å². The van der Waals surface area contributed by atoms with E-state index in [1.54, 1.807) is 0 Å². The van der Waals surface area contributed by atoms with Crippen LogP contribution in [0.3, 0.4) is 0 Å². The van der Waals surface area contributed by atoms with Crippen LogP contribution in [-0.2, 0) is 0 Å². The van der Waals surface area contributed by atoms with Gasteiger partial charge >= 0.3 is 0 Å². The molecule has 1 heteroatoms. The summed E-state index contributed by atoms with van der Waals surface area (Å²) in [6.45, 7) is 6.77. The van der Waals surface area contributed by atoms with Crippen molar-refractivity contribution in [3.63, 3.8) is 0 Å². The third-order valence-corrected chi connectivity index (χ3v) is 3.42. The molecular weight excluding hydrogens is 170 g/mol. The Morgan fingerprint density at radius 1 is 1.14 bits per heavy atom. The first-order valence-corrected chi connectivity index (χ1v) is 5.14. The average Bonchev–Trinajstić information content (AvgIpc) is 2.65. The number of rotatable bonds is 2. The zero-order valence-electron chi connectivity index (χ0n) is 9.12. The third-order valence-electron chi connectivity index (χ3n) is 3.42. The standard InChI is InChI=1S/C13H17N/c1-12(2)10-13(12,3)14-9-11-7-5-4-6-8-11/h4-9H,10H2,1-3H3. The largest absolute Gasteiger partial charge is 0.286 e. The second-order valence-corrected chi connectivity index (χ2v) is 5.00. The third kappa shape index (κ3) is 1.59. The number of hydrogen-bond acceptors (Lipinski definition) is 1. The minimum Gasteiger partial charge on any atom is -0.286 e. The van der Waals surface area contributed by atoms with Crippen molar-refractivity contribution in [1.29, 1.82) is 0 Å². The van der Waals surface area contributed by atoms with E-state index >= 15 is 0 Å². The number of hydrogen-bond donors (Lipinski definition) is 0. The van der Waals surface area contributed by atoms with Gasteiger partial charge in [0.15, 0.2) is 0 Å². The Kier molecular flexibility index (Phi) is 1.99. The van der Waals surface area contributed by atoms with Gasteiger partial charge < -0.3 is 0 Å². The van der Waals surface area contributed by atoms with Crippen molar-refractivity contribution in [1.82, 2.24) is 0 Å². The highest BCUT2D eigenvalue weighted by Gasteiger charge is 2.57. The van der Waals surface area contributed by atoms with Gasteiger partial charge in [-0.15, -0.1) is 0 Å². The van der Waals surface area contributed by atoms with Crippen LogP contribution in [0, 0.1) is 5.41 Å². The van der Waals surface area contributed by atoms with Crippen LogP contribution in [0.25, 0.3) is 0 Å². The molecule has 1 aromatic rings. The molecule has 1 unspecified atom stereocenters. The SMILES string of the molecule is CC1(C)CC1(C)N=Cc1ccccc1. The van der Waals surface area contributed by atoms with Crippen molar-refractivity contribution in [3.8, 4) is 0 Å². The fourth-order valence-corrected chi connectivity index (χ4v) is 1.79. The molecule has 14 heavy (non-hydrogen) atoms. The molecule has 1 atom stereocenters. The summed E-state index contributed by atoms with van der Waals surface area (Å²) in [6.07, 6.45) is 3.19. The summed E-state index contributed by atoms with van der Waals surface area (Å²) in [7, 11) is 0. The highest BCUT2D eigenvalue weighted by atomic mass is 15.0. The molecule has 1 fully saturated rings. The average molecular weight is 187 g/mol. The maximum absolute atomic E-state index is 4.67. The van der Waals surface area contributed by atoms with Crippen LogP contribution in [0.4, 0.5) is 0 Å². The monoisotopic (exact) mass is 187 g/mol. The van der Waals surface area contributed by atoms with Crippen molar-refractivity contribution >= 4 is 6.21 Å². The smallest absolute Gasteiger partial charge is 0.0637 e. The molecule has 0 heterocycles. The van der Waals surface area contributed by atoms with Gasteiger partial charge in [0.2, 0.25) is 0 Å². The lowest BCUT2D eigenvalue weighted by Crippen LogP contribution is -2.07. The molecular formula is C13H17N. The molecule has 0 aromatic heterocycles. The van der Waals surface area contributed by atoms with E-state index in [0.717, 1.165) is 0 Å². The fourth-order valence-electron chi connectivity index (χ4n) is 1.79. The van der Waals surface area contributed by atoms with Gasteiger partial charge in [0.25, 0.3) is 0 Å². The summed E-state index contributed by atoms with van der Waals surface area (Å²) in [4.78, 5) is 4.67. The summed E-state index contributed by atoms with van der Waals surface area (Å²) in [5.41, 5.74) is 1.75. The van der Waals surface area contributed by atoms with E-state index in [4.69, 9.17) is 0 Å². The minimum absolute atomic E-state index is 0.169. The van der Waals surface area contributed by atoms with Gasteiger partial charge in [0.1, 0.15) is 0 Å². The summed E-state index contributed by atoms with van der Waals surface area (Å²) in [5, 5.41) is 0. The first-order chi connectivity index (χ1) is 6.54. The second kappa shape index (κ2) is 2.94. The lowest BCUT2D eigenvalue weighted by atomic mass is 10.1. The predicted octanol–water partition coefficient (Wildman–Crippen LogP) is 3.29. The molecule has 0 radical (unpaired) electrons. The van der Waals surface area contributed by atoms with E-state index in [0.29, 0.717) is 5.41 Å². The van der Waals surface area contributed by atoms with Crippen molar-refractivity contribution < 1.29 is 0 Å². The van der Waals surface area contributed by atoms with E-state index < -0.39 is 0 Å². The van der Waals surface area contributed by atoms with Gasteiger partial charge in [-0.05, 0) is 24.3 Å². The molecule has 0 N–H and O–H groups in total. The Bertz CT molecular complexity index is 351. The molecule has 1 nitrogen and oxygen atoms in total. The van der Waals surface area contributed by atoms with Crippen LogP contribution >= 0.6 is 0 Å². The van der Waals surface area contributed by atoms with Crippen molar-refractivity contribution in [2.75, 3.05) is 0 Å². The quantitative estimate of drug-likeness (QED) is 0.630. The van der Waals surface area contributed by atoms with Gasteiger partial charge in [-0.2, -0.15) is 0 Å². The second-order valence-electron chi connectivity index (χ2n) is 5.00. The van der Waals surface area contributed by atoms with Gasteiger partial charge in [0.05, 0.1) is 5.54 Å². The van der Waals surface area contributed by atoms with Gasteiger partial charge in [0, 0.05) is 6.21 Å². The first-order valence-electron chi connectivity index (χ1n) is 5.14. The Morgan fingerprint density at radius 2 is 1.71 bits per heavy atom.